The number of hydrogen-bond donors (Lipinski definition) is 1. The zero-order valence-electron chi connectivity index (χ0n) is 16.5. The number of aliphatic hydroxyl groups is 1. The third-order valence-electron chi connectivity index (χ3n) is 5.41. The lowest BCUT2D eigenvalue weighted by molar-refractivity contribution is -0.213. The second-order valence-corrected chi connectivity index (χ2v) is 8.43. The van der Waals surface area contributed by atoms with Crippen LogP contribution in [0.25, 0.3) is 11.0 Å². The van der Waals surface area contributed by atoms with Crippen LogP contribution in [-0.4, -0.2) is 54.4 Å². The predicted molar refractivity (Wildman–Crippen MR) is 100 cm³/mol. The fourth-order valence-electron chi connectivity index (χ4n) is 4.12. The quantitative estimate of drug-likeness (QED) is 0.510. The summed E-state index contributed by atoms with van der Waals surface area (Å²) >= 11 is 0.0965. The van der Waals surface area contributed by atoms with Gasteiger partial charge in [0.15, 0.2) is 11.3 Å². The molecule has 0 amide bonds. The predicted octanol–water partition coefficient (Wildman–Crippen LogP) is 3.70. The van der Waals surface area contributed by atoms with Crippen LogP contribution in [-0.2, 0) is 15.1 Å². The van der Waals surface area contributed by atoms with Crippen molar-refractivity contribution in [2.45, 2.75) is 41.5 Å². The summed E-state index contributed by atoms with van der Waals surface area (Å²) in [5.41, 5.74) is -2.52. The van der Waals surface area contributed by atoms with Gasteiger partial charge in [-0.15, -0.1) is 0 Å². The average molecular weight is 466 g/mol. The van der Waals surface area contributed by atoms with Gasteiger partial charge >= 0.3 is 18.3 Å². The lowest BCUT2D eigenvalue weighted by atomic mass is 9.79. The molecule has 0 radical (unpaired) electrons. The molecule has 1 aromatic heterocycles. The fraction of sp³-hybridized carbons (Fsp3) is 0.526. The van der Waals surface area contributed by atoms with Gasteiger partial charge < -0.3 is 28.5 Å². The number of benzene rings is 1. The van der Waals surface area contributed by atoms with Crippen LogP contribution in [0, 0.1) is 0 Å². The van der Waals surface area contributed by atoms with Crippen LogP contribution < -0.4 is 14.2 Å². The summed E-state index contributed by atoms with van der Waals surface area (Å²) in [7, 11) is 2.46. The van der Waals surface area contributed by atoms with E-state index in [0.29, 0.717) is 5.39 Å². The number of rotatable bonds is 6. The van der Waals surface area contributed by atoms with Crippen LogP contribution in [0.2, 0.25) is 0 Å². The number of carbonyl (C=O) groups excluding carboxylic acids is 1. The molecular formula is C19H18F4O7S. The van der Waals surface area contributed by atoms with Crippen molar-refractivity contribution in [1.29, 1.82) is 0 Å². The molecule has 1 aromatic carbocycles. The van der Waals surface area contributed by atoms with Crippen molar-refractivity contribution in [3.05, 3.63) is 17.9 Å². The van der Waals surface area contributed by atoms with Crippen molar-refractivity contribution in [3.8, 4) is 17.2 Å². The smallest absolute Gasteiger partial charge is 0.355 e. The van der Waals surface area contributed by atoms with Gasteiger partial charge in [-0.3, -0.25) is 4.79 Å². The van der Waals surface area contributed by atoms with Crippen molar-refractivity contribution in [2.75, 3.05) is 20.8 Å². The first-order chi connectivity index (χ1) is 14.6. The summed E-state index contributed by atoms with van der Waals surface area (Å²) in [6.45, 7) is 1.37. The van der Waals surface area contributed by atoms with Crippen LogP contribution in [0.5, 0.6) is 17.2 Å². The largest absolute Gasteiger partial charge is 0.495 e. The first-order valence-electron chi connectivity index (χ1n) is 9.15. The standard InChI is InChI=1S/C19H18F4O7S/c1-4-28-15(24)14-17(25)7-18(31-14,19(22,23)16(20)21)30-12-9(17)10(26-2)8-5-6-29-11(8)13(12)27-3/h5-6,14,16,25H,4,7H2,1-3H3/t14-,17+,18+/m1/s1. The summed E-state index contributed by atoms with van der Waals surface area (Å²) in [4.78, 5) is 9.65. The molecule has 31 heavy (non-hydrogen) atoms. The van der Waals surface area contributed by atoms with Gasteiger partial charge in [-0.25, -0.2) is 8.78 Å². The number of carbonyl (C=O) groups is 1. The van der Waals surface area contributed by atoms with E-state index in [9.17, 15) is 27.5 Å². The molecule has 1 saturated heterocycles. The van der Waals surface area contributed by atoms with Crippen molar-refractivity contribution in [2.24, 2.45) is 0 Å². The van der Waals surface area contributed by atoms with Gasteiger partial charge in [-0.2, -0.15) is 8.78 Å². The van der Waals surface area contributed by atoms with Gasteiger partial charge in [0.2, 0.25) is 10.7 Å². The van der Waals surface area contributed by atoms with E-state index in [2.05, 4.69) is 0 Å². The van der Waals surface area contributed by atoms with Gasteiger partial charge in [-0.1, -0.05) is 11.8 Å². The van der Waals surface area contributed by atoms with E-state index in [1.165, 1.54) is 33.5 Å². The molecule has 3 heterocycles. The Bertz CT molecular complexity index is 1040. The Labute approximate surface area is 177 Å². The molecule has 170 valence electrons. The highest BCUT2D eigenvalue weighted by atomic mass is 32.2. The highest BCUT2D eigenvalue weighted by Gasteiger charge is 2.76. The normalized spacial score (nSPS) is 27.2. The Kier molecular flexibility index (Phi) is 5.00. The van der Waals surface area contributed by atoms with Crippen LogP contribution in [0.1, 0.15) is 18.9 Å². The summed E-state index contributed by atoms with van der Waals surface area (Å²) in [5.74, 6) is -6.47. The first-order valence-corrected chi connectivity index (χ1v) is 10.0. The summed E-state index contributed by atoms with van der Waals surface area (Å²) < 4.78 is 83.0. The molecule has 1 N–H and O–H groups in total. The lowest BCUT2D eigenvalue weighted by Crippen LogP contribution is -2.56. The molecule has 1 fully saturated rings. The van der Waals surface area contributed by atoms with E-state index in [0.717, 1.165) is 0 Å². The molecule has 12 heteroatoms. The van der Waals surface area contributed by atoms with Crippen molar-refractivity contribution in [3.63, 3.8) is 0 Å². The van der Waals surface area contributed by atoms with E-state index in [-0.39, 0.29) is 41.0 Å². The van der Waals surface area contributed by atoms with Gasteiger partial charge in [0, 0.05) is 6.42 Å². The minimum atomic E-state index is -4.74. The fourth-order valence-corrected chi connectivity index (χ4v) is 5.74. The molecule has 0 saturated carbocycles. The Morgan fingerprint density at radius 1 is 1.35 bits per heavy atom. The molecule has 0 unspecified atom stereocenters. The summed E-state index contributed by atoms with van der Waals surface area (Å²) in [6, 6.07) is 1.48. The zero-order valence-corrected chi connectivity index (χ0v) is 17.4. The number of thioether (sulfide) groups is 1. The Balaban J connectivity index is 2.07. The second-order valence-electron chi connectivity index (χ2n) is 7.06. The lowest BCUT2D eigenvalue weighted by Gasteiger charge is -2.42. The van der Waals surface area contributed by atoms with Gasteiger partial charge in [-0.05, 0) is 13.0 Å². The maximum Gasteiger partial charge on any atom is 0.355 e. The zero-order chi connectivity index (χ0) is 22.8. The van der Waals surface area contributed by atoms with E-state index in [1.807, 2.05) is 0 Å². The minimum absolute atomic E-state index is 0.0205. The van der Waals surface area contributed by atoms with Gasteiger partial charge in [0.25, 0.3) is 0 Å². The molecule has 2 bridgehead atoms. The number of methoxy groups -OCH3 is 2. The van der Waals surface area contributed by atoms with Crippen molar-refractivity contribution >= 4 is 28.7 Å². The van der Waals surface area contributed by atoms with E-state index in [1.54, 1.807) is 0 Å². The topological polar surface area (TPSA) is 87.4 Å². The number of furan rings is 1. The number of ether oxygens (including phenoxy) is 4. The van der Waals surface area contributed by atoms with Crippen LogP contribution in [0.3, 0.4) is 0 Å². The number of halogens is 4. The Morgan fingerprint density at radius 3 is 2.61 bits per heavy atom. The summed E-state index contributed by atoms with van der Waals surface area (Å²) in [5, 5.41) is 10.2. The Hall–Kier alpha value is -2.34. The van der Waals surface area contributed by atoms with Crippen LogP contribution in [0.4, 0.5) is 17.6 Å². The average Bonchev–Trinajstić information content (AvgIpc) is 3.28. The highest BCUT2D eigenvalue weighted by molar-refractivity contribution is 8.02. The maximum absolute atomic E-state index is 14.8. The SMILES string of the molecule is CCOC(=O)[C@H]1S[C@]2(C(F)(F)C(F)F)C[C@]1(O)c1c(c(OC)c3occc3c1OC)O2. The molecule has 3 atom stereocenters. The number of fused-ring (bicyclic) bond motifs is 5. The Morgan fingerprint density at radius 2 is 2.03 bits per heavy atom. The van der Waals surface area contributed by atoms with Crippen LogP contribution in [0.15, 0.2) is 16.7 Å². The third kappa shape index (κ3) is 2.73. The molecule has 7 nitrogen and oxygen atoms in total. The highest BCUT2D eigenvalue weighted by Crippen LogP contribution is 2.69. The minimum Gasteiger partial charge on any atom is -0.495 e. The number of hydrogen-bond acceptors (Lipinski definition) is 8. The van der Waals surface area contributed by atoms with E-state index >= 15 is 0 Å². The van der Waals surface area contributed by atoms with Gasteiger partial charge in [0.05, 0.1) is 38.0 Å². The van der Waals surface area contributed by atoms with Crippen LogP contribution >= 0.6 is 11.8 Å². The van der Waals surface area contributed by atoms with Crippen molar-refractivity contribution in [1.82, 2.24) is 0 Å². The molecule has 2 aromatic rings. The molecule has 0 aliphatic carbocycles. The van der Waals surface area contributed by atoms with Gasteiger partial charge in [0.1, 0.15) is 16.6 Å². The number of esters is 1. The number of alkyl halides is 4. The first kappa shape index (κ1) is 21.9. The summed E-state index contributed by atoms with van der Waals surface area (Å²) in [6.07, 6.45) is -3.88. The molecule has 4 rings (SSSR count). The monoisotopic (exact) mass is 466 g/mol. The van der Waals surface area contributed by atoms with Crippen molar-refractivity contribution < 1.29 is 50.8 Å². The van der Waals surface area contributed by atoms with E-state index in [4.69, 9.17) is 23.4 Å². The molecular weight excluding hydrogens is 448 g/mol. The van der Waals surface area contributed by atoms with E-state index < -0.39 is 46.3 Å². The molecule has 2 aliphatic rings. The maximum atomic E-state index is 14.8. The molecule has 2 aliphatic heterocycles. The second kappa shape index (κ2) is 7.09. The molecule has 0 spiro atoms. The third-order valence-corrected chi connectivity index (χ3v) is 7.11.